The zero-order valence-corrected chi connectivity index (χ0v) is 14.1. The Labute approximate surface area is 143 Å². The number of nitrogens with zero attached hydrogens (tertiary/aromatic N) is 2. The minimum Gasteiger partial charge on any atom is -0.493 e. The van der Waals surface area contributed by atoms with Gasteiger partial charge in [-0.25, -0.2) is 4.98 Å². The summed E-state index contributed by atoms with van der Waals surface area (Å²) in [5, 5.41) is 0.875. The fourth-order valence-electron chi connectivity index (χ4n) is 2.60. The summed E-state index contributed by atoms with van der Waals surface area (Å²) in [6, 6.07) is 3.76. The Balaban J connectivity index is 2.17. The summed E-state index contributed by atoms with van der Waals surface area (Å²) in [5.41, 5.74) is 13.8. The highest BCUT2D eigenvalue weighted by atomic mass is 35.5. The van der Waals surface area contributed by atoms with E-state index >= 15 is 0 Å². The van der Waals surface area contributed by atoms with Crippen LogP contribution in [0.2, 0.25) is 0 Å². The average Bonchev–Trinajstić information content (AvgIpc) is 3.01. The van der Waals surface area contributed by atoms with Crippen LogP contribution in [0.25, 0.3) is 11.0 Å². The first kappa shape index (κ1) is 16.2. The molecule has 0 radical (unpaired) electrons. The highest BCUT2D eigenvalue weighted by Crippen LogP contribution is 2.40. The van der Waals surface area contributed by atoms with Gasteiger partial charge in [0, 0.05) is 23.6 Å². The van der Waals surface area contributed by atoms with Crippen molar-refractivity contribution in [1.82, 2.24) is 9.97 Å². The number of aromatic nitrogens is 2. The molecule has 0 aliphatic carbocycles. The molecule has 2 heterocycles. The predicted molar refractivity (Wildman–Crippen MR) is 92.5 cm³/mol. The molecule has 7 nitrogen and oxygen atoms in total. The SMILES string of the molecule is COc1cc(Cc2cnc(N)nc2N)c2cc(CCl)oc2c1OC. The second kappa shape index (κ2) is 6.45. The Morgan fingerprint density at radius 1 is 1.17 bits per heavy atom. The van der Waals surface area contributed by atoms with Gasteiger partial charge in [-0.2, -0.15) is 4.98 Å². The molecule has 0 aliphatic heterocycles. The van der Waals surface area contributed by atoms with Crippen LogP contribution in [0.5, 0.6) is 11.5 Å². The van der Waals surface area contributed by atoms with E-state index in [1.54, 1.807) is 20.4 Å². The number of fused-ring (bicyclic) bond motifs is 1. The van der Waals surface area contributed by atoms with Crippen molar-refractivity contribution in [2.24, 2.45) is 0 Å². The second-order valence-electron chi connectivity index (χ2n) is 5.18. The van der Waals surface area contributed by atoms with E-state index in [0.29, 0.717) is 35.1 Å². The maximum Gasteiger partial charge on any atom is 0.221 e. The molecule has 0 bridgehead atoms. The molecule has 1 aromatic carbocycles. The van der Waals surface area contributed by atoms with E-state index in [4.69, 9.17) is 37.0 Å². The summed E-state index contributed by atoms with van der Waals surface area (Å²) in [6.07, 6.45) is 2.10. The fraction of sp³-hybridized carbons (Fsp3) is 0.250. The number of rotatable bonds is 5. The first-order valence-corrected chi connectivity index (χ1v) is 7.70. The number of anilines is 2. The normalized spacial score (nSPS) is 11.0. The van der Waals surface area contributed by atoms with Gasteiger partial charge in [0.2, 0.25) is 11.7 Å². The van der Waals surface area contributed by atoms with Crippen molar-refractivity contribution in [2.45, 2.75) is 12.3 Å². The fourth-order valence-corrected chi connectivity index (χ4v) is 2.73. The van der Waals surface area contributed by atoms with Gasteiger partial charge in [0.25, 0.3) is 0 Å². The molecule has 8 heteroatoms. The Kier molecular flexibility index (Phi) is 4.35. The van der Waals surface area contributed by atoms with Crippen LogP contribution in [0, 0.1) is 0 Å². The molecular weight excluding hydrogens is 332 g/mol. The zero-order chi connectivity index (χ0) is 17.3. The first-order chi connectivity index (χ1) is 11.6. The minimum atomic E-state index is 0.140. The maximum atomic E-state index is 5.94. The molecule has 3 aromatic rings. The molecule has 0 saturated carbocycles. The van der Waals surface area contributed by atoms with Crippen LogP contribution in [0.4, 0.5) is 11.8 Å². The second-order valence-corrected chi connectivity index (χ2v) is 5.44. The standard InChI is InChI=1S/C16H17ClN4O3/c1-22-12-4-8(3-9-7-20-16(19)21-15(9)18)11-5-10(6-17)24-13(11)14(12)23-2/h4-5,7H,3,6H2,1-2H3,(H4,18,19,20,21). The van der Waals surface area contributed by atoms with E-state index in [1.807, 2.05) is 12.1 Å². The Hall–Kier alpha value is -2.67. The number of alkyl halides is 1. The van der Waals surface area contributed by atoms with Gasteiger partial charge in [0.05, 0.1) is 20.1 Å². The Morgan fingerprint density at radius 2 is 1.96 bits per heavy atom. The van der Waals surface area contributed by atoms with Crippen molar-refractivity contribution >= 4 is 34.3 Å². The van der Waals surface area contributed by atoms with Crippen molar-refractivity contribution in [3.63, 3.8) is 0 Å². The van der Waals surface area contributed by atoms with Crippen LogP contribution < -0.4 is 20.9 Å². The van der Waals surface area contributed by atoms with Gasteiger partial charge in [-0.05, 0) is 17.7 Å². The quantitative estimate of drug-likeness (QED) is 0.682. The lowest BCUT2D eigenvalue weighted by molar-refractivity contribution is 0.352. The lowest BCUT2D eigenvalue weighted by atomic mass is 10.0. The smallest absolute Gasteiger partial charge is 0.221 e. The molecule has 0 fully saturated rings. The average molecular weight is 349 g/mol. The highest BCUT2D eigenvalue weighted by Gasteiger charge is 2.19. The number of nitrogens with two attached hydrogens (primary N) is 2. The number of furan rings is 1. The van der Waals surface area contributed by atoms with E-state index < -0.39 is 0 Å². The lowest BCUT2D eigenvalue weighted by Gasteiger charge is -2.12. The largest absolute Gasteiger partial charge is 0.493 e. The molecule has 0 spiro atoms. The van der Waals surface area contributed by atoms with Crippen LogP contribution >= 0.6 is 11.6 Å². The summed E-state index contributed by atoms with van der Waals surface area (Å²) >= 11 is 5.90. The molecule has 24 heavy (non-hydrogen) atoms. The molecule has 0 amide bonds. The van der Waals surface area contributed by atoms with Crippen LogP contribution in [0.15, 0.2) is 22.7 Å². The zero-order valence-electron chi connectivity index (χ0n) is 13.3. The van der Waals surface area contributed by atoms with Crippen molar-refractivity contribution in [3.05, 3.63) is 35.2 Å². The highest BCUT2D eigenvalue weighted by molar-refractivity contribution is 6.17. The maximum absolute atomic E-state index is 5.94. The Morgan fingerprint density at radius 3 is 2.58 bits per heavy atom. The molecular formula is C16H17ClN4O3. The molecule has 0 atom stereocenters. The van der Waals surface area contributed by atoms with E-state index in [0.717, 1.165) is 16.5 Å². The van der Waals surface area contributed by atoms with Crippen LogP contribution in [-0.4, -0.2) is 24.2 Å². The number of halogens is 1. The lowest BCUT2D eigenvalue weighted by Crippen LogP contribution is -2.04. The number of nitrogen functional groups attached to an aromatic ring is 2. The van der Waals surface area contributed by atoms with Crippen molar-refractivity contribution in [3.8, 4) is 11.5 Å². The van der Waals surface area contributed by atoms with Gasteiger partial charge in [-0.3, -0.25) is 0 Å². The van der Waals surface area contributed by atoms with Crippen molar-refractivity contribution < 1.29 is 13.9 Å². The van der Waals surface area contributed by atoms with Gasteiger partial charge in [0.1, 0.15) is 11.6 Å². The first-order valence-electron chi connectivity index (χ1n) is 7.16. The van der Waals surface area contributed by atoms with Gasteiger partial charge >= 0.3 is 0 Å². The van der Waals surface area contributed by atoms with E-state index in [-0.39, 0.29) is 11.8 Å². The van der Waals surface area contributed by atoms with Crippen LogP contribution in [0.1, 0.15) is 16.9 Å². The third kappa shape index (κ3) is 2.78. The van der Waals surface area contributed by atoms with Gasteiger partial charge in [0.15, 0.2) is 11.3 Å². The summed E-state index contributed by atoms with van der Waals surface area (Å²) < 4.78 is 16.6. The minimum absolute atomic E-state index is 0.140. The molecule has 4 N–H and O–H groups in total. The third-order valence-electron chi connectivity index (χ3n) is 3.72. The molecule has 2 aromatic heterocycles. The predicted octanol–water partition coefficient (Wildman–Crippen LogP) is 2.73. The molecule has 0 unspecified atom stereocenters. The number of hydrogen-bond acceptors (Lipinski definition) is 7. The summed E-state index contributed by atoms with van der Waals surface area (Å²) in [6.45, 7) is 0. The molecule has 0 saturated heterocycles. The number of hydrogen-bond donors (Lipinski definition) is 2. The Bertz CT molecular complexity index is 895. The van der Waals surface area contributed by atoms with Crippen molar-refractivity contribution in [2.75, 3.05) is 25.7 Å². The third-order valence-corrected chi connectivity index (χ3v) is 3.98. The molecule has 0 aliphatic rings. The summed E-state index contributed by atoms with van der Waals surface area (Å²) in [5.74, 6) is 2.46. The van der Waals surface area contributed by atoms with E-state index in [9.17, 15) is 0 Å². The van der Waals surface area contributed by atoms with Crippen LogP contribution in [-0.2, 0) is 12.3 Å². The van der Waals surface area contributed by atoms with Gasteiger partial charge in [-0.1, -0.05) is 0 Å². The number of benzene rings is 1. The van der Waals surface area contributed by atoms with E-state index in [1.165, 1.54) is 0 Å². The molecule has 3 rings (SSSR count). The monoisotopic (exact) mass is 348 g/mol. The van der Waals surface area contributed by atoms with E-state index in [2.05, 4.69) is 9.97 Å². The van der Waals surface area contributed by atoms with Gasteiger partial charge < -0.3 is 25.4 Å². The topological polar surface area (TPSA) is 109 Å². The van der Waals surface area contributed by atoms with Gasteiger partial charge in [-0.15, -0.1) is 11.6 Å². The molecule has 126 valence electrons. The van der Waals surface area contributed by atoms with Crippen molar-refractivity contribution in [1.29, 1.82) is 0 Å². The van der Waals surface area contributed by atoms with Crippen LogP contribution in [0.3, 0.4) is 0 Å². The number of ether oxygens (including phenoxy) is 2. The summed E-state index contributed by atoms with van der Waals surface area (Å²) in [4.78, 5) is 7.99. The number of methoxy groups -OCH3 is 2. The summed E-state index contributed by atoms with van der Waals surface area (Å²) in [7, 11) is 3.13.